The summed E-state index contributed by atoms with van der Waals surface area (Å²) in [7, 11) is 1.88. The van der Waals surface area contributed by atoms with Crippen LogP contribution >= 0.6 is 0 Å². The molecule has 0 saturated carbocycles. The highest BCUT2D eigenvalue weighted by atomic mass is 16.5. The van der Waals surface area contributed by atoms with Gasteiger partial charge < -0.3 is 9.84 Å². The molecule has 100 valence electrons. The Balaban J connectivity index is 2.22. The fourth-order valence-corrected chi connectivity index (χ4v) is 1.97. The molecule has 0 radical (unpaired) electrons. The molecule has 0 bridgehead atoms. The largest absolute Gasteiger partial charge is 0.356 e. The van der Waals surface area contributed by atoms with Gasteiger partial charge in [-0.3, -0.25) is 4.79 Å². The Morgan fingerprint density at radius 3 is 2.79 bits per heavy atom. The molecule has 1 unspecified atom stereocenters. The minimum atomic E-state index is -0.0469. The van der Waals surface area contributed by atoms with Gasteiger partial charge in [0.2, 0.25) is 0 Å². The average Bonchev–Trinajstić information content (AvgIpc) is 2.94. The number of nitrogens with zero attached hydrogens (tertiary/aromatic N) is 1. The van der Waals surface area contributed by atoms with Crippen molar-refractivity contribution in [2.75, 3.05) is 13.6 Å². The van der Waals surface area contributed by atoms with Crippen LogP contribution in [0.3, 0.4) is 0 Å². The second-order valence-corrected chi connectivity index (χ2v) is 4.59. The highest BCUT2D eigenvalue weighted by Crippen LogP contribution is 2.25. The van der Waals surface area contributed by atoms with Crippen molar-refractivity contribution in [2.45, 2.75) is 13.3 Å². The third-order valence-corrected chi connectivity index (χ3v) is 3.15. The summed E-state index contributed by atoms with van der Waals surface area (Å²) in [6.07, 6.45) is 2.31. The smallest absolute Gasteiger partial charge is 0.177 e. The Bertz CT molecular complexity index is 534. The maximum absolute atomic E-state index is 12.4. The van der Waals surface area contributed by atoms with Crippen LogP contribution in [0.5, 0.6) is 0 Å². The van der Waals surface area contributed by atoms with Gasteiger partial charge in [-0.1, -0.05) is 42.4 Å². The van der Waals surface area contributed by atoms with E-state index in [1.165, 1.54) is 6.20 Å². The van der Waals surface area contributed by atoms with E-state index in [1.54, 1.807) is 0 Å². The van der Waals surface area contributed by atoms with Crippen LogP contribution in [-0.4, -0.2) is 24.5 Å². The molecule has 0 aliphatic rings. The molecule has 0 amide bonds. The predicted octanol–water partition coefficient (Wildman–Crippen LogP) is 2.77. The van der Waals surface area contributed by atoms with Gasteiger partial charge in [0, 0.05) is 11.5 Å². The molecule has 4 nitrogen and oxygen atoms in total. The van der Waals surface area contributed by atoms with Crippen molar-refractivity contribution >= 4 is 5.78 Å². The summed E-state index contributed by atoms with van der Waals surface area (Å²) >= 11 is 0. The topological polar surface area (TPSA) is 55.1 Å². The standard InChI is InChI=1S/C15H18N2O2/c1-11(8-9-16-2)14(18)13-10-17-19-15(13)12-6-4-3-5-7-12/h3-7,10-11,16H,8-9H2,1-2H3. The Labute approximate surface area is 112 Å². The molecule has 0 saturated heterocycles. The second kappa shape index (κ2) is 6.29. The summed E-state index contributed by atoms with van der Waals surface area (Å²) in [6, 6.07) is 9.58. The second-order valence-electron chi connectivity index (χ2n) is 4.59. The Hall–Kier alpha value is -1.94. The van der Waals surface area contributed by atoms with Gasteiger partial charge in [-0.25, -0.2) is 0 Å². The van der Waals surface area contributed by atoms with Crippen molar-refractivity contribution in [3.8, 4) is 11.3 Å². The zero-order valence-corrected chi connectivity index (χ0v) is 11.2. The molecular weight excluding hydrogens is 240 g/mol. The van der Waals surface area contributed by atoms with Gasteiger partial charge in [0.1, 0.15) is 0 Å². The quantitative estimate of drug-likeness (QED) is 0.809. The van der Waals surface area contributed by atoms with Crippen LogP contribution in [0.15, 0.2) is 41.1 Å². The van der Waals surface area contributed by atoms with Crippen LogP contribution in [0.25, 0.3) is 11.3 Å². The van der Waals surface area contributed by atoms with Crippen LogP contribution in [0.1, 0.15) is 23.7 Å². The fourth-order valence-electron chi connectivity index (χ4n) is 1.97. The minimum absolute atomic E-state index is 0.0469. The Kier molecular flexibility index (Phi) is 4.47. The lowest BCUT2D eigenvalue weighted by Gasteiger charge is -2.09. The number of aromatic nitrogens is 1. The highest BCUT2D eigenvalue weighted by Gasteiger charge is 2.22. The number of ketones is 1. The molecule has 4 heteroatoms. The van der Waals surface area contributed by atoms with E-state index < -0.39 is 0 Å². The first-order valence-corrected chi connectivity index (χ1v) is 6.43. The van der Waals surface area contributed by atoms with E-state index in [2.05, 4.69) is 10.5 Å². The normalized spacial score (nSPS) is 12.3. The summed E-state index contributed by atoms with van der Waals surface area (Å²) in [5.41, 5.74) is 1.44. The molecule has 1 atom stereocenters. The first-order chi connectivity index (χ1) is 9.24. The van der Waals surface area contributed by atoms with Gasteiger partial charge in [-0.2, -0.15) is 0 Å². The molecule has 0 fully saturated rings. The molecule has 1 aromatic carbocycles. The number of benzene rings is 1. The Morgan fingerprint density at radius 2 is 2.11 bits per heavy atom. The van der Waals surface area contributed by atoms with Gasteiger partial charge in [0.15, 0.2) is 11.5 Å². The molecule has 1 aromatic heterocycles. The van der Waals surface area contributed by atoms with E-state index in [0.29, 0.717) is 11.3 Å². The third-order valence-electron chi connectivity index (χ3n) is 3.15. The molecular formula is C15H18N2O2. The molecule has 2 rings (SSSR count). The molecule has 19 heavy (non-hydrogen) atoms. The van der Waals surface area contributed by atoms with Gasteiger partial charge in [0.05, 0.1) is 11.8 Å². The average molecular weight is 258 g/mol. The van der Waals surface area contributed by atoms with E-state index in [4.69, 9.17) is 4.52 Å². The number of nitrogens with one attached hydrogen (secondary N) is 1. The van der Waals surface area contributed by atoms with Crippen LogP contribution < -0.4 is 5.32 Å². The first-order valence-electron chi connectivity index (χ1n) is 6.43. The molecule has 0 aliphatic heterocycles. The summed E-state index contributed by atoms with van der Waals surface area (Å²) < 4.78 is 5.24. The molecule has 2 aromatic rings. The van der Waals surface area contributed by atoms with Crippen molar-refractivity contribution in [2.24, 2.45) is 5.92 Å². The van der Waals surface area contributed by atoms with Crippen molar-refractivity contribution in [1.29, 1.82) is 0 Å². The van der Waals surface area contributed by atoms with Gasteiger partial charge in [0.25, 0.3) is 0 Å². The maximum Gasteiger partial charge on any atom is 0.177 e. The van der Waals surface area contributed by atoms with E-state index in [1.807, 2.05) is 44.3 Å². The first kappa shape index (κ1) is 13.5. The summed E-state index contributed by atoms with van der Waals surface area (Å²) in [5, 5.41) is 6.82. The lowest BCUT2D eigenvalue weighted by molar-refractivity contribution is 0.0924. The number of Topliss-reactive ketones (excluding diaryl/α,β-unsaturated/α-hetero) is 1. The van der Waals surface area contributed by atoms with Crippen LogP contribution in [0, 0.1) is 5.92 Å². The summed E-state index contributed by atoms with van der Waals surface area (Å²) in [6.45, 7) is 2.75. The van der Waals surface area contributed by atoms with Crippen LogP contribution in [-0.2, 0) is 0 Å². The number of hydrogen-bond acceptors (Lipinski definition) is 4. The van der Waals surface area contributed by atoms with Crippen molar-refractivity contribution in [1.82, 2.24) is 10.5 Å². The molecule has 1 N–H and O–H groups in total. The monoisotopic (exact) mass is 258 g/mol. The number of rotatable bonds is 6. The van der Waals surface area contributed by atoms with E-state index >= 15 is 0 Å². The van der Waals surface area contributed by atoms with Gasteiger partial charge in [-0.15, -0.1) is 0 Å². The van der Waals surface area contributed by atoms with Gasteiger partial charge >= 0.3 is 0 Å². The number of carbonyl (C=O) groups is 1. The van der Waals surface area contributed by atoms with E-state index in [9.17, 15) is 4.79 Å². The van der Waals surface area contributed by atoms with Gasteiger partial charge in [-0.05, 0) is 20.0 Å². The number of hydrogen-bond donors (Lipinski definition) is 1. The predicted molar refractivity (Wildman–Crippen MR) is 74.0 cm³/mol. The zero-order chi connectivity index (χ0) is 13.7. The number of carbonyl (C=O) groups excluding carboxylic acids is 1. The van der Waals surface area contributed by atoms with Crippen molar-refractivity contribution in [3.63, 3.8) is 0 Å². The third kappa shape index (κ3) is 3.09. The lowest BCUT2D eigenvalue weighted by atomic mass is 9.95. The SMILES string of the molecule is CNCCC(C)C(=O)c1cnoc1-c1ccccc1. The fraction of sp³-hybridized carbons (Fsp3) is 0.333. The van der Waals surface area contributed by atoms with Crippen molar-refractivity contribution in [3.05, 3.63) is 42.1 Å². The minimum Gasteiger partial charge on any atom is -0.356 e. The Morgan fingerprint density at radius 1 is 1.37 bits per heavy atom. The van der Waals surface area contributed by atoms with Crippen LogP contribution in [0.4, 0.5) is 0 Å². The van der Waals surface area contributed by atoms with E-state index in [-0.39, 0.29) is 11.7 Å². The lowest BCUT2D eigenvalue weighted by Crippen LogP contribution is -2.18. The molecule has 1 heterocycles. The molecule has 0 aliphatic carbocycles. The summed E-state index contributed by atoms with van der Waals surface area (Å²) in [4.78, 5) is 12.4. The van der Waals surface area contributed by atoms with Crippen LogP contribution in [0.2, 0.25) is 0 Å². The maximum atomic E-state index is 12.4. The van der Waals surface area contributed by atoms with Crippen molar-refractivity contribution < 1.29 is 9.32 Å². The van der Waals surface area contributed by atoms with E-state index in [0.717, 1.165) is 18.5 Å². The zero-order valence-electron chi connectivity index (χ0n) is 11.2. The highest BCUT2D eigenvalue weighted by molar-refractivity contribution is 6.02. The molecule has 0 spiro atoms. The summed E-state index contributed by atoms with van der Waals surface area (Å²) in [5.74, 6) is 0.589.